The van der Waals surface area contributed by atoms with Crippen molar-refractivity contribution >= 4 is 0 Å². The molecule has 1 aromatic rings. The van der Waals surface area contributed by atoms with E-state index in [1.54, 1.807) is 0 Å². The number of rotatable bonds is 6. The molecule has 1 fully saturated rings. The lowest BCUT2D eigenvalue weighted by molar-refractivity contribution is 0.253. The van der Waals surface area contributed by atoms with Crippen LogP contribution in [-0.4, -0.2) is 37.2 Å². The third-order valence-electron chi connectivity index (χ3n) is 5.03. The molecule has 3 nitrogen and oxygen atoms in total. The van der Waals surface area contributed by atoms with Crippen molar-refractivity contribution in [2.24, 2.45) is 0 Å². The molecule has 2 heterocycles. The molecule has 0 amide bonds. The topological polar surface area (TPSA) is 24.5 Å². The Morgan fingerprint density at radius 2 is 2.29 bits per heavy atom. The third kappa shape index (κ3) is 3.24. The molecule has 0 aromatic heterocycles. The van der Waals surface area contributed by atoms with Crippen molar-refractivity contribution in [3.05, 3.63) is 29.3 Å². The highest BCUT2D eigenvalue weighted by Gasteiger charge is 2.24. The summed E-state index contributed by atoms with van der Waals surface area (Å²) in [5, 5.41) is 3.80. The smallest absolute Gasteiger partial charge is 0.122 e. The van der Waals surface area contributed by atoms with Crippen molar-refractivity contribution in [2.75, 3.05) is 26.2 Å². The summed E-state index contributed by atoms with van der Waals surface area (Å²) >= 11 is 0. The molecule has 3 heteroatoms. The van der Waals surface area contributed by atoms with Crippen molar-refractivity contribution in [1.29, 1.82) is 0 Å². The molecule has 0 bridgehead atoms. The maximum absolute atomic E-state index is 5.61. The second kappa shape index (κ2) is 6.80. The lowest BCUT2D eigenvalue weighted by atomic mass is 10.0. The average Bonchev–Trinajstić information content (AvgIpc) is 3.15. The van der Waals surface area contributed by atoms with Crippen molar-refractivity contribution in [3.63, 3.8) is 0 Å². The van der Waals surface area contributed by atoms with Crippen LogP contribution in [0.5, 0.6) is 5.75 Å². The monoisotopic (exact) mass is 288 g/mol. The molecule has 0 radical (unpaired) electrons. The van der Waals surface area contributed by atoms with E-state index in [4.69, 9.17) is 4.74 Å². The van der Waals surface area contributed by atoms with E-state index in [1.807, 2.05) is 0 Å². The average molecular weight is 288 g/mol. The lowest BCUT2D eigenvalue weighted by Gasteiger charge is -2.26. The van der Waals surface area contributed by atoms with Crippen LogP contribution in [-0.2, 0) is 6.42 Å². The fraction of sp³-hybridized carbons (Fsp3) is 0.667. The molecule has 2 unspecified atom stereocenters. The first kappa shape index (κ1) is 14.9. The molecule has 3 rings (SSSR count). The van der Waals surface area contributed by atoms with Gasteiger partial charge in [0.05, 0.1) is 6.61 Å². The van der Waals surface area contributed by atoms with Gasteiger partial charge in [0.2, 0.25) is 0 Å². The number of fused-ring (bicyclic) bond motifs is 1. The second-order valence-electron chi connectivity index (χ2n) is 6.26. The molecule has 116 valence electrons. The van der Waals surface area contributed by atoms with Crippen molar-refractivity contribution in [2.45, 2.75) is 51.6 Å². The van der Waals surface area contributed by atoms with Gasteiger partial charge >= 0.3 is 0 Å². The van der Waals surface area contributed by atoms with Gasteiger partial charge in [0.15, 0.2) is 0 Å². The molecule has 2 aliphatic heterocycles. The van der Waals surface area contributed by atoms with E-state index in [9.17, 15) is 0 Å². The van der Waals surface area contributed by atoms with E-state index in [1.165, 1.54) is 37.1 Å². The quantitative estimate of drug-likeness (QED) is 0.870. The highest BCUT2D eigenvalue weighted by molar-refractivity contribution is 5.40. The van der Waals surface area contributed by atoms with Crippen molar-refractivity contribution in [1.82, 2.24) is 10.2 Å². The Hall–Kier alpha value is -1.06. The Morgan fingerprint density at radius 1 is 1.38 bits per heavy atom. The zero-order chi connectivity index (χ0) is 14.7. The summed E-state index contributed by atoms with van der Waals surface area (Å²) in [6.45, 7) is 8.95. The van der Waals surface area contributed by atoms with E-state index in [0.717, 1.165) is 37.8 Å². The van der Waals surface area contributed by atoms with Crippen molar-refractivity contribution in [3.8, 4) is 5.75 Å². The van der Waals surface area contributed by atoms with Gasteiger partial charge in [0.25, 0.3) is 0 Å². The summed E-state index contributed by atoms with van der Waals surface area (Å²) in [5.74, 6) is 1.08. The number of nitrogens with one attached hydrogen (secondary N) is 1. The van der Waals surface area contributed by atoms with Crippen LogP contribution in [0.15, 0.2) is 18.2 Å². The van der Waals surface area contributed by atoms with Gasteiger partial charge in [-0.25, -0.2) is 0 Å². The van der Waals surface area contributed by atoms with Gasteiger partial charge in [-0.1, -0.05) is 26.0 Å². The summed E-state index contributed by atoms with van der Waals surface area (Å²) < 4.78 is 5.61. The number of nitrogens with zero attached hydrogens (tertiary/aromatic N) is 1. The Labute approximate surface area is 128 Å². The van der Waals surface area contributed by atoms with Crippen LogP contribution < -0.4 is 10.1 Å². The molecule has 2 aliphatic rings. The summed E-state index contributed by atoms with van der Waals surface area (Å²) in [7, 11) is 0. The molecule has 1 aromatic carbocycles. The number of likely N-dealkylation sites (N-methyl/N-ethyl adjacent to an activating group) is 1. The largest absolute Gasteiger partial charge is 0.493 e. The van der Waals surface area contributed by atoms with Gasteiger partial charge in [-0.2, -0.15) is 0 Å². The number of ether oxygens (including phenoxy) is 1. The highest BCUT2D eigenvalue weighted by Crippen LogP contribution is 2.29. The molecular weight excluding hydrogens is 260 g/mol. The first-order chi connectivity index (χ1) is 10.3. The molecular formula is C18H28N2O. The van der Waals surface area contributed by atoms with Crippen LogP contribution in [0.3, 0.4) is 0 Å². The number of likely N-dealkylation sites (tertiary alicyclic amines) is 1. The van der Waals surface area contributed by atoms with Crippen LogP contribution in [0.2, 0.25) is 0 Å². The van der Waals surface area contributed by atoms with E-state index in [2.05, 4.69) is 42.3 Å². The fourth-order valence-corrected chi connectivity index (χ4v) is 3.74. The van der Waals surface area contributed by atoms with E-state index >= 15 is 0 Å². The Morgan fingerprint density at radius 3 is 3.10 bits per heavy atom. The normalized spacial score (nSPS) is 23.0. The maximum atomic E-state index is 5.61. The first-order valence-electron chi connectivity index (χ1n) is 8.54. The summed E-state index contributed by atoms with van der Waals surface area (Å²) in [6.07, 6.45) is 4.90. The van der Waals surface area contributed by atoms with Crippen LogP contribution >= 0.6 is 0 Å². The zero-order valence-electron chi connectivity index (χ0n) is 13.4. The van der Waals surface area contributed by atoms with Gasteiger partial charge < -0.3 is 10.1 Å². The van der Waals surface area contributed by atoms with Gasteiger partial charge in [-0.05, 0) is 49.5 Å². The minimum absolute atomic E-state index is 0.468. The predicted octanol–water partition coefficient (Wildman–Crippen LogP) is 3.15. The van der Waals surface area contributed by atoms with Crippen LogP contribution in [0.25, 0.3) is 0 Å². The summed E-state index contributed by atoms with van der Waals surface area (Å²) in [6, 6.07) is 7.92. The number of benzene rings is 1. The van der Waals surface area contributed by atoms with E-state index in [0.29, 0.717) is 6.04 Å². The fourth-order valence-electron chi connectivity index (χ4n) is 3.74. The molecule has 0 saturated carbocycles. The van der Waals surface area contributed by atoms with Crippen molar-refractivity contribution < 1.29 is 4.74 Å². The van der Waals surface area contributed by atoms with Crippen LogP contribution in [0.1, 0.15) is 50.3 Å². The maximum Gasteiger partial charge on any atom is 0.122 e. The van der Waals surface area contributed by atoms with Gasteiger partial charge in [-0.15, -0.1) is 0 Å². The Balaban J connectivity index is 1.62. The summed E-state index contributed by atoms with van der Waals surface area (Å²) in [5.41, 5.74) is 2.80. The van der Waals surface area contributed by atoms with Gasteiger partial charge in [0.1, 0.15) is 5.75 Å². The van der Waals surface area contributed by atoms with Gasteiger partial charge in [0, 0.05) is 25.0 Å². The predicted molar refractivity (Wildman–Crippen MR) is 86.9 cm³/mol. The summed E-state index contributed by atoms with van der Waals surface area (Å²) in [4.78, 5) is 2.61. The SMILES string of the molecule is CCC(NCC1CCCN1CC)c1ccc2c(c1)CCO2. The minimum atomic E-state index is 0.468. The molecule has 0 spiro atoms. The number of hydrogen-bond donors (Lipinski definition) is 1. The van der Waals surface area contributed by atoms with Gasteiger partial charge in [-0.3, -0.25) is 4.90 Å². The second-order valence-corrected chi connectivity index (χ2v) is 6.26. The molecule has 2 atom stereocenters. The number of hydrogen-bond acceptors (Lipinski definition) is 3. The molecule has 1 saturated heterocycles. The zero-order valence-corrected chi connectivity index (χ0v) is 13.4. The molecule has 0 aliphatic carbocycles. The van der Waals surface area contributed by atoms with E-state index < -0.39 is 0 Å². The lowest BCUT2D eigenvalue weighted by Crippen LogP contribution is -2.39. The van der Waals surface area contributed by atoms with Crippen LogP contribution in [0.4, 0.5) is 0 Å². The standard InChI is InChI=1S/C18H28N2O/c1-3-17(19-13-16-6-5-10-20(16)4-2)14-7-8-18-15(12-14)9-11-21-18/h7-8,12,16-17,19H,3-6,9-11,13H2,1-2H3. The third-order valence-corrected chi connectivity index (χ3v) is 5.03. The van der Waals surface area contributed by atoms with Crippen LogP contribution in [0, 0.1) is 0 Å². The highest BCUT2D eigenvalue weighted by atomic mass is 16.5. The molecule has 21 heavy (non-hydrogen) atoms. The first-order valence-corrected chi connectivity index (χ1v) is 8.54. The Kier molecular flexibility index (Phi) is 4.81. The van der Waals surface area contributed by atoms with E-state index in [-0.39, 0.29) is 0 Å². The Bertz CT molecular complexity index is 474. The minimum Gasteiger partial charge on any atom is -0.493 e. The molecule has 1 N–H and O–H groups in total.